The molecule has 1 aliphatic rings. The van der Waals surface area contributed by atoms with Gasteiger partial charge < -0.3 is 0 Å². The van der Waals surface area contributed by atoms with Crippen LogP contribution in [-0.4, -0.2) is 0 Å². The Hall–Kier alpha value is -3.90. The summed E-state index contributed by atoms with van der Waals surface area (Å²) < 4.78 is 0. The van der Waals surface area contributed by atoms with E-state index in [0.29, 0.717) is 0 Å². The van der Waals surface area contributed by atoms with E-state index < -0.39 is 0 Å². The van der Waals surface area contributed by atoms with Crippen molar-refractivity contribution < 1.29 is 0 Å². The molecule has 0 N–H and O–H groups in total. The molecule has 0 radical (unpaired) electrons. The van der Waals surface area contributed by atoms with Crippen molar-refractivity contribution in [3.8, 4) is 22.3 Å². The molecule has 0 nitrogen and oxygen atoms in total. The van der Waals surface area contributed by atoms with Crippen LogP contribution >= 0.6 is 0 Å². The predicted molar refractivity (Wildman–Crippen MR) is 130 cm³/mol. The number of rotatable bonds is 0. The minimum Gasteiger partial charge on any atom is -0.0616 e. The van der Waals surface area contributed by atoms with Gasteiger partial charge in [0.25, 0.3) is 0 Å². The first-order valence-corrected chi connectivity index (χ1v) is 10.5. The number of hydrogen-bond acceptors (Lipinski definition) is 0. The summed E-state index contributed by atoms with van der Waals surface area (Å²) in [5.74, 6) is 0. The highest BCUT2D eigenvalue weighted by molar-refractivity contribution is 6.32. The average Bonchev–Trinajstić information content (AvgIpc) is 3.11. The molecular weight excluding hydrogens is 360 g/mol. The van der Waals surface area contributed by atoms with E-state index in [1.54, 1.807) is 0 Å². The lowest BCUT2D eigenvalue weighted by molar-refractivity contribution is 1.75. The van der Waals surface area contributed by atoms with Crippen molar-refractivity contribution in [1.82, 2.24) is 0 Å². The van der Waals surface area contributed by atoms with E-state index in [0.717, 1.165) is 0 Å². The molecule has 0 fully saturated rings. The van der Waals surface area contributed by atoms with E-state index >= 15 is 0 Å². The highest BCUT2D eigenvalue weighted by Gasteiger charge is 2.25. The van der Waals surface area contributed by atoms with Crippen molar-refractivity contribution in [2.45, 2.75) is 0 Å². The third-order valence-electron chi connectivity index (χ3n) is 7.09. The van der Waals surface area contributed by atoms with Gasteiger partial charge in [-0.3, -0.25) is 0 Å². The SMILES string of the molecule is c1ccc2c(c1)ccc1cc3c(cc12)-c1cc2cccc4ccc5ccc-3c1c5c42. The van der Waals surface area contributed by atoms with Crippen LogP contribution in [0.25, 0.3) is 76.1 Å². The maximum absolute atomic E-state index is 2.43. The lowest BCUT2D eigenvalue weighted by Crippen LogP contribution is -1.85. The fourth-order valence-corrected chi connectivity index (χ4v) is 5.79. The molecule has 1 aliphatic carbocycles. The lowest BCUT2D eigenvalue weighted by atomic mass is 9.91. The van der Waals surface area contributed by atoms with Gasteiger partial charge in [-0.25, -0.2) is 0 Å². The zero-order chi connectivity index (χ0) is 19.4. The van der Waals surface area contributed by atoms with Crippen LogP contribution in [0.15, 0.2) is 97.1 Å². The normalized spacial score (nSPS) is 12.7. The maximum Gasteiger partial charge on any atom is -0.00137 e. The quantitative estimate of drug-likeness (QED) is 0.233. The highest BCUT2D eigenvalue weighted by Crippen LogP contribution is 2.52. The van der Waals surface area contributed by atoms with Crippen LogP contribution in [-0.2, 0) is 0 Å². The second-order valence-electron chi connectivity index (χ2n) is 8.56. The Kier molecular flexibility index (Phi) is 2.49. The van der Waals surface area contributed by atoms with Gasteiger partial charge in [0.2, 0.25) is 0 Å². The van der Waals surface area contributed by atoms with Gasteiger partial charge in [-0.15, -0.1) is 0 Å². The van der Waals surface area contributed by atoms with Crippen LogP contribution in [0.3, 0.4) is 0 Å². The molecule has 0 heterocycles. The Morgan fingerprint density at radius 1 is 0.300 bits per heavy atom. The van der Waals surface area contributed by atoms with E-state index in [4.69, 9.17) is 0 Å². The van der Waals surface area contributed by atoms with E-state index in [1.165, 1.54) is 76.1 Å². The van der Waals surface area contributed by atoms with E-state index in [-0.39, 0.29) is 0 Å². The third kappa shape index (κ3) is 1.66. The second kappa shape index (κ2) is 4.98. The monoisotopic (exact) mass is 376 g/mol. The summed E-state index contributed by atoms with van der Waals surface area (Å²) >= 11 is 0. The molecule has 0 saturated carbocycles. The average molecular weight is 376 g/mol. The van der Waals surface area contributed by atoms with Crippen molar-refractivity contribution in [2.24, 2.45) is 0 Å². The van der Waals surface area contributed by atoms with E-state index in [9.17, 15) is 0 Å². The molecule has 0 bridgehead atoms. The summed E-state index contributed by atoms with van der Waals surface area (Å²) in [6, 6.07) is 36.3. The highest BCUT2D eigenvalue weighted by atomic mass is 14.3. The summed E-state index contributed by atoms with van der Waals surface area (Å²) in [5, 5.41) is 13.5. The van der Waals surface area contributed by atoms with Gasteiger partial charge in [0, 0.05) is 0 Å². The maximum atomic E-state index is 2.43. The second-order valence-corrected chi connectivity index (χ2v) is 8.56. The van der Waals surface area contributed by atoms with Crippen molar-refractivity contribution in [2.75, 3.05) is 0 Å². The summed E-state index contributed by atoms with van der Waals surface area (Å²) in [7, 11) is 0. The van der Waals surface area contributed by atoms with Crippen LogP contribution in [0, 0.1) is 0 Å². The largest absolute Gasteiger partial charge is 0.0616 e. The molecule has 7 aromatic rings. The van der Waals surface area contributed by atoms with Crippen LogP contribution in [0.1, 0.15) is 0 Å². The van der Waals surface area contributed by atoms with Crippen molar-refractivity contribution >= 4 is 53.9 Å². The van der Waals surface area contributed by atoms with Gasteiger partial charge in [0.05, 0.1) is 0 Å². The Balaban J connectivity index is 1.62. The third-order valence-corrected chi connectivity index (χ3v) is 7.09. The smallest absolute Gasteiger partial charge is 0.00137 e. The van der Waals surface area contributed by atoms with Crippen LogP contribution < -0.4 is 0 Å². The fraction of sp³-hybridized carbons (Fsp3) is 0. The summed E-state index contributed by atoms with van der Waals surface area (Å²) in [6.45, 7) is 0. The van der Waals surface area contributed by atoms with Gasteiger partial charge in [0.15, 0.2) is 0 Å². The molecule has 0 aromatic heterocycles. The topological polar surface area (TPSA) is 0 Å². The number of fused-ring (bicyclic) bond motifs is 6. The molecule has 136 valence electrons. The van der Waals surface area contributed by atoms with Gasteiger partial charge in [0.1, 0.15) is 0 Å². The van der Waals surface area contributed by atoms with Crippen molar-refractivity contribution in [3.05, 3.63) is 97.1 Å². The minimum absolute atomic E-state index is 1.30. The number of benzene rings is 7. The molecule has 30 heavy (non-hydrogen) atoms. The molecule has 0 heteroatoms. The first-order valence-electron chi connectivity index (χ1n) is 10.5. The zero-order valence-corrected chi connectivity index (χ0v) is 16.2. The van der Waals surface area contributed by atoms with Gasteiger partial charge in [-0.05, 0) is 94.3 Å². The van der Waals surface area contributed by atoms with Crippen LogP contribution in [0.4, 0.5) is 0 Å². The Labute approximate surface area is 173 Å². The molecular formula is C30H16. The molecule has 8 rings (SSSR count). The van der Waals surface area contributed by atoms with Gasteiger partial charge >= 0.3 is 0 Å². The molecule has 0 aliphatic heterocycles. The summed E-state index contributed by atoms with van der Waals surface area (Å²) in [5.41, 5.74) is 5.49. The zero-order valence-electron chi connectivity index (χ0n) is 16.2. The molecule has 0 atom stereocenters. The Bertz CT molecular complexity index is 1840. The first-order chi connectivity index (χ1) is 14.9. The molecule has 0 saturated heterocycles. The summed E-state index contributed by atoms with van der Waals surface area (Å²) in [4.78, 5) is 0. The first kappa shape index (κ1) is 15.0. The van der Waals surface area contributed by atoms with Crippen LogP contribution in [0.2, 0.25) is 0 Å². The van der Waals surface area contributed by atoms with E-state index in [1.807, 2.05) is 0 Å². The standard InChI is InChI=1S/C30H16/c1-2-7-22-17(4-1)8-11-20-14-25-23-13-12-19-10-9-18-5-3-6-21-15-27(26(25)16-24(20)22)30(23)29(19)28(18)21/h1-16H. The fourth-order valence-electron chi connectivity index (χ4n) is 5.79. The van der Waals surface area contributed by atoms with Crippen molar-refractivity contribution in [1.29, 1.82) is 0 Å². The summed E-state index contributed by atoms with van der Waals surface area (Å²) in [6.07, 6.45) is 0. The molecule has 0 spiro atoms. The minimum atomic E-state index is 1.30. The predicted octanol–water partition coefficient (Wildman–Crippen LogP) is 8.54. The molecule has 0 amide bonds. The Morgan fingerprint density at radius 2 is 0.967 bits per heavy atom. The molecule has 7 aromatic carbocycles. The lowest BCUT2D eigenvalue weighted by Gasteiger charge is -2.12. The van der Waals surface area contributed by atoms with Crippen molar-refractivity contribution in [3.63, 3.8) is 0 Å². The Morgan fingerprint density at radius 3 is 1.93 bits per heavy atom. The number of hydrogen-bond donors (Lipinski definition) is 0. The van der Waals surface area contributed by atoms with Gasteiger partial charge in [-0.1, -0.05) is 78.9 Å². The molecule has 0 unspecified atom stereocenters. The van der Waals surface area contributed by atoms with Gasteiger partial charge in [-0.2, -0.15) is 0 Å². The van der Waals surface area contributed by atoms with E-state index in [2.05, 4.69) is 97.1 Å². The van der Waals surface area contributed by atoms with Crippen LogP contribution in [0.5, 0.6) is 0 Å².